The lowest BCUT2D eigenvalue weighted by Crippen LogP contribution is -1.99. The van der Waals surface area contributed by atoms with Crippen LogP contribution in [0.2, 0.25) is 0 Å². The molecule has 2 aromatic carbocycles. The highest BCUT2D eigenvalue weighted by Gasteiger charge is 2.37. The zero-order chi connectivity index (χ0) is 19.1. The van der Waals surface area contributed by atoms with Crippen molar-refractivity contribution in [2.24, 2.45) is 0 Å². The number of hydrogen-bond donors (Lipinski definition) is 2. The van der Waals surface area contributed by atoms with Crippen LogP contribution in [0.15, 0.2) is 60.2 Å². The Morgan fingerprint density at radius 2 is 1.67 bits per heavy atom. The minimum Gasteiger partial charge on any atom is -0.494 e. The predicted molar refractivity (Wildman–Crippen MR) is 97.0 cm³/mol. The van der Waals surface area contributed by atoms with Gasteiger partial charge in [0.1, 0.15) is 11.6 Å². The SMILES string of the molecule is N#CC1=C(c2ccc([N+](=O)[O-])cc2)c2c(O)[nH]c(-c3ccccc3)c2C1=O. The molecule has 1 aliphatic carbocycles. The van der Waals surface area contributed by atoms with Crippen molar-refractivity contribution in [1.82, 2.24) is 4.98 Å². The molecule has 130 valence electrons. The molecule has 1 aliphatic rings. The average molecular weight is 357 g/mol. The third-order valence-electron chi connectivity index (χ3n) is 4.48. The maximum atomic E-state index is 12.9. The highest BCUT2D eigenvalue weighted by atomic mass is 16.6. The summed E-state index contributed by atoms with van der Waals surface area (Å²) in [5, 5.41) is 30.8. The summed E-state index contributed by atoms with van der Waals surface area (Å²) in [6, 6.07) is 16.4. The van der Waals surface area contributed by atoms with E-state index in [0.717, 1.165) is 0 Å². The van der Waals surface area contributed by atoms with Crippen LogP contribution in [0.25, 0.3) is 16.8 Å². The molecule has 4 rings (SSSR count). The molecule has 0 spiro atoms. The number of allylic oxidation sites excluding steroid dienone is 1. The van der Waals surface area contributed by atoms with Crippen molar-refractivity contribution in [2.75, 3.05) is 0 Å². The van der Waals surface area contributed by atoms with E-state index in [1.807, 2.05) is 12.1 Å². The van der Waals surface area contributed by atoms with Gasteiger partial charge < -0.3 is 10.1 Å². The van der Waals surface area contributed by atoms with Gasteiger partial charge >= 0.3 is 0 Å². The number of aromatic hydroxyl groups is 1. The maximum absolute atomic E-state index is 12.9. The summed E-state index contributed by atoms with van der Waals surface area (Å²) in [6.45, 7) is 0. The number of rotatable bonds is 3. The third-order valence-corrected chi connectivity index (χ3v) is 4.48. The fourth-order valence-electron chi connectivity index (χ4n) is 3.29. The van der Waals surface area contributed by atoms with E-state index in [1.54, 1.807) is 24.3 Å². The minimum absolute atomic E-state index is 0.102. The first kappa shape index (κ1) is 16.3. The molecule has 7 heteroatoms. The van der Waals surface area contributed by atoms with Crippen LogP contribution >= 0.6 is 0 Å². The molecule has 1 aromatic heterocycles. The van der Waals surface area contributed by atoms with Gasteiger partial charge in [0.25, 0.3) is 5.69 Å². The lowest BCUT2D eigenvalue weighted by Gasteiger charge is -2.04. The molecule has 0 saturated heterocycles. The number of fused-ring (bicyclic) bond motifs is 1. The molecule has 2 N–H and O–H groups in total. The highest BCUT2D eigenvalue weighted by Crippen LogP contribution is 2.46. The molecule has 0 amide bonds. The zero-order valence-electron chi connectivity index (χ0n) is 13.8. The van der Waals surface area contributed by atoms with Crippen molar-refractivity contribution in [3.8, 4) is 23.2 Å². The standard InChI is InChI=1S/C20H11N3O4/c21-10-14-15(11-6-8-13(9-7-11)23(26)27)16-17(19(14)24)18(22-20(16)25)12-4-2-1-3-5-12/h1-9,22,25H. The second-order valence-corrected chi connectivity index (χ2v) is 5.96. The van der Waals surface area contributed by atoms with Crippen molar-refractivity contribution in [1.29, 1.82) is 5.26 Å². The van der Waals surface area contributed by atoms with E-state index < -0.39 is 10.7 Å². The van der Waals surface area contributed by atoms with Gasteiger partial charge in [-0.1, -0.05) is 30.3 Å². The quantitative estimate of drug-likeness (QED) is 0.545. The number of aromatic nitrogens is 1. The summed E-state index contributed by atoms with van der Waals surface area (Å²) < 4.78 is 0. The Hall–Kier alpha value is -4.18. The summed E-state index contributed by atoms with van der Waals surface area (Å²) in [4.78, 5) is 26.0. The molecular weight excluding hydrogens is 346 g/mol. The number of hydrogen-bond acceptors (Lipinski definition) is 5. The van der Waals surface area contributed by atoms with Crippen molar-refractivity contribution in [3.05, 3.63) is 87.0 Å². The van der Waals surface area contributed by atoms with Gasteiger partial charge in [0.15, 0.2) is 5.88 Å². The lowest BCUT2D eigenvalue weighted by molar-refractivity contribution is -0.384. The number of benzene rings is 2. The molecule has 0 radical (unpaired) electrons. The molecule has 0 saturated carbocycles. The Bertz CT molecular complexity index is 1170. The van der Waals surface area contributed by atoms with Crippen LogP contribution in [0, 0.1) is 21.4 Å². The molecule has 0 unspecified atom stereocenters. The summed E-state index contributed by atoms with van der Waals surface area (Å²) in [7, 11) is 0. The largest absolute Gasteiger partial charge is 0.494 e. The van der Waals surface area contributed by atoms with Crippen LogP contribution in [0.5, 0.6) is 5.88 Å². The Balaban J connectivity index is 1.94. The van der Waals surface area contributed by atoms with Gasteiger partial charge in [0.2, 0.25) is 5.78 Å². The number of nitriles is 1. The first-order valence-corrected chi connectivity index (χ1v) is 7.97. The van der Waals surface area contributed by atoms with E-state index in [1.165, 1.54) is 24.3 Å². The Kier molecular flexibility index (Phi) is 3.60. The van der Waals surface area contributed by atoms with Gasteiger partial charge in [-0.15, -0.1) is 0 Å². The summed E-state index contributed by atoms with van der Waals surface area (Å²) in [5.74, 6) is -0.716. The summed E-state index contributed by atoms with van der Waals surface area (Å²) in [5.41, 5.74) is 2.10. The smallest absolute Gasteiger partial charge is 0.269 e. The fourth-order valence-corrected chi connectivity index (χ4v) is 3.29. The second-order valence-electron chi connectivity index (χ2n) is 5.96. The topological polar surface area (TPSA) is 120 Å². The number of carbonyl (C=O) groups excluding carboxylic acids is 1. The first-order chi connectivity index (χ1) is 13.0. The molecule has 1 heterocycles. The van der Waals surface area contributed by atoms with Crippen LogP contribution in [-0.4, -0.2) is 20.8 Å². The second kappa shape index (κ2) is 5.97. The predicted octanol–water partition coefficient (Wildman–Crippen LogP) is 3.82. The van der Waals surface area contributed by atoms with Gasteiger partial charge in [-0.3, -0.25) is 14.9 Å². The van der Waals surface area contributed by atoms with Gasteiger partial charge in [0.05, 0.1) is 21.7 Å². The van der Waals surface area contributed by atoms with E-state index >= 15 is 0 Å². The number of nitrogens with one attached hydrogen (secondary N) is 1. The summed E-state index contributed by atoms with van der Waals surface area (Å²) in [6.07, 6.45) is 0. The van der Waals surface area contributed by atoms with E-state index in [0.29, 0.717) is 16.8 Å². The molecule has 7 nitrogen and oxygen atoms in total. The molecule has 0 atom stereocenters. The van der Waals surface area contributed by atoms with E-state index in [-0.39, 0.29) is 33.8 Å². The third kappa shape index (κ3) is 2.40. The Morgan fingerprint density at radius 1 is 1.00 bits per heavy atom. The average Bonchev–Trinajstić information content (AvgIpc) is 3.18. The van der Waals surface area contributed by atoms with E-state index in [4.69, 9.17) is 0 Å². The van der Waals surface area contributed by atoms with E-state index in [9.17, 15) is 25.3 Å². The van der Waals surface area contributed by atoms with Crippen LogP contribution in [0.3, 0.4) is 0 Å². The molecule has 27 heavy (non-hydrogen) atoms. The van der Waals surface area contributed by atoms with Gasteiger partial charge in [-0.05, 0) is 23.3 Å². The summed E-state index contributed by atoms with van der Waals surface area (Å²) >= 11 is 0. The number of Topliss-reactive ketones (excluding diaryl/α,β-unsaturated/α-hetero) is 1. The van der Waals surface area contributed by atoms with Gasteiger partial charge in [-0.25, -0.2) is 0 Å². The molecule has 3 aromatic rings. The normalized spacial score (nSPS) is 12.8. The molecule has 0 bridgehead atoms. The number of ketones is 1. The van der Waals surface area contributed by atoms with Crippen molar-refractivity contribution in [2.45, 2.75) is 0 Å². The first-order valence-electron chi connectivity index (χ1n) is 7.97. The number of aromatic amines is 1. The van der Waals surface area contributed by atoms with Crippen molar-refractivity contribution < 1.29 is 14.8 Å². The number of nitrogens with zero attached hydrogens (tertiary/aromatic N) is 2. The monoisotopic (exact) mass is 357 g/mol. The van der Waals surface area contributed by atoms with Crippen LogP contribution < -0.4 is 0 Å². The van der Waals surface area contributed by atoms with Crippen LogP contribution in [0.1, 0.15) is 21.5 Å². The number of nitro groups is 1. The number of H-pyrrole nitrogens is 1. The Morgan fingerprint density at radius 3 is 2.26 bits per heavy atom. The van der Waals surface area contributed by atoms with Crippen molar-refractivity contribution in [3.63, 3.8) is 0 Å². The number of non-ortho nitro benzene ring substituents is 1. The molecular formula is C20H11N3O4. The van der Waals surface area contributed by atoms with E-state index in [2.05, 4.69) is 4.98 Å². The fraction of sp³-hybridized carbons (Fsp3) is 0. The van der Waals surface area contributed by atoms with Gasteiger partial charge in [0, 0.05) is 17.7 Å². The highest BCUT2D eigenvalue weighted by molar-refractivity contribution is 6.28. The molecule has 0 fully saturated rings. The number of carbonyl (C=O) groups is 1. The zero-order valence-corrected chi connectivity index (χ0v) is 13.8. The Labute approximate surface area is 153 Å². The van der Waals surface area contributed by atoms with Crippen molar-refractivity contribution >= 4 is 17.0 Å². The lowest BCUT2D eigenvalue weighted by atomic mass is 9.98. The molecule has 0 aliphatic heterocycles. The number of nitro benzene ring substituents is 1. The minimum atomic E-state index is -0.532. The maximum Gasteiger partial charge on any atom is 0.269 e. The van der Waals surface area contributed by atoms with Gasteiger partial charge in [-0.2, -0.15) is 5.26 Å². The van der Waals surface area contributed by atoms with Crippen LogP contribution in [0.4, 0.5) is 5.69 Å². The van der Waals surface area contributed by atoms with Crippen LogP contribution in [-0.2, 0) is 0 Å².